The van der Waals surface area contributed by atoms with E-state index in [1.165, 1.54) is 6.07 Å². The molecular weight excluding hydrogens is 212 g/mol. The first kappa shape index (κ1) is 11.2. The van der Waals surface area contributed by atoms with Crippen LogP contribution in [0.1, 0.15) is 31.2 Å². The molecule has 2 N–H and O–H groups in total. The first-order valence-corrected chi connectivity index (χ1v) is 5.32. The second-order valence-corrected chi connectivity index (χ2v) is 4.20. The third-order valence-corrected chi connectivity index (χ3v) is 3.13. The van der Waals surface area contributed by atoms with Gasteiger partial charge in [-0.3, -0.25) is 4.79 Å². The van der Waals surface area contributed by atoms with E-state index in [2.05, 4.69) is 0 Å². The lowest BCUT2D eigenvalue weighted by Crippen LogP contribution is -2.48. The van der Waals surface area contributed by atoms with Crippen molar-refractivity contribution in [2.75, 3.05) is 0 Å². The maximum atomic E-state index is 13.6. The third-order valence-electron chi connectivity index (χ3n) is 3.13. The molecule has 2 nitrogen and oxygen atoms in total. The van der Waals surface area contributed by atoms with Crippen LogP contribution < -0.4 is 5.73 Å². The number of hydrogen-bond donors (Lipinski definition) is 1. The summed E-state index contributed by atoms with van der Waals surface area (Å²) in [5.74, 6) is -1.75. The summed E-state index contributed by atoms with van der Waals surface area (Å²) in [7, 11) is 0. The molecule has 16 heavy (non-hydrogen) atoms. The van der Waals surface area contributed by atoms with E-state index in [0.29, 0.717) is 12.8 Å². The van der Waals surface area contributed by atoms with E-state index < -0.39 is 17.2 Å². The number of carbonyl (C=O) groups is 1. The molecule has 0 spiro atoms. The fraction of sp³-hybridized carbons (Fsp3) is 0.417. The molecule has 2 rings (SSSR count). The summed E-state index contributed by atoms with van der Waals surface area (Å²) in [6.45, 7) is 0. The van der Waals surface area contributed by atoms with Gasteiger partial charge < -0.3 is 5.73 Å². The van der Waals surface area contributed by atoms with E-state index in [1.807, 2.05) is 0 Å². The van der Waals surface area contributed by atoms with Crippen LogP contribution in [0.4, 0.5) is 8.78 Å². The van der Waals surface area contributed by atoms with Crippen molar-refractivity contribution in [3.63, 3.8) is 0 Å². The molecule has 86 valence electrons. The molecule has 0 radical (unpaired) electrons. The molecule has 1 fully saturated rings. The largest absolute Gasteiger partial charge is 0.315 e. The minimum atomic E-state index is -1.48. The molecule has 0 heterocycles. The predicted octanol–water partition coefficient (Wildman–Crippen LogP) is 2.26. The minimum absolute atomic E-state index is 0.275. The summed E-state index contributed by atoms with van der Waals surface area (Å²) < 4.78 is 27.2. The van der Waals surface area contributed by atoms with Gasteiger partial charge in [0, 0.05) is 6.42 Å². The fourth-order valence-corrected chi connectivity index (χ4v) is 2.24. The maximum Gasteiger partial charge on any atom is 0.157 e. The lowest BCUT2D eigenvalue weighted by atomic mass is 9.76. The van der Waals surface area contributed by atoms with Crippen LogP contribution >= 0.6 is 0 Å². The van der Waals surface area contributed by atoms with Crippen LogP contribution in [0.2, 0.25) is 0 Å². The van der Waals surface area contributed by atoms with Gasteiger partial charge in [0.15, 0.2) is 5.78 Å². The molecule has 1 saturated carbocycles. The zero-order valence-electron chi connectivity index (χ0n) is 8.80. The van der Waals surface area contributed by atoms with E-state index in [4.69, 9.17) is 5.73 Å². The number of benzene rings is 1. The fourth-order valence-electron chi connectivity index (χ4n) is 2.24. The van der Waals surface area contributed by atoms with E-state index in [9.17, 15) is 13.6 Å². The Labute approximate surface area is 92.4 Å². The Bertz CT molecular complexity index is 413. The lowest BCUT2D eigenvalue weighted by molar-refractivity contribution is -0.126. The van der Waals surface area contributed by atoms with Crippen LogP contribution in [-0.2, 0) is 10.3 Å². The second-order valence-electron chi connectivity index (χ2n) is 4.20. The Balaban J connectivity index is 2.53. The van der Waals surface area contributed by atoms with Crippen molar-refractivity contribution in [2.24, 2.45) is 5.73 Å². The predicted molar refractivity (Wildman–Crippen MR) is 55.7 cm³/mol. The molecule has 1 aromatic rings. The van der Waals surface area contributed by atoms with Gasteiger partial charge >= 0.3 is 0 Å². The van der Waals surface area contributed by atoms with Gasteiger partial charge in [-0.1, -0.05) is 12.5 Å². The first-order chi connectivity index (χ1) is 7.55. The summed E-state index contributed by atoms with van der Waals surface area (Å²) in [6, 6.07) is 3.54. The van der Waals surface area contributed by atoms with Crippen molar-refractivity contribution in [3.8, 4) is 0 Å². The van der Waals surface area contributed by atoms with Crippen LogP contribution in [0.15, 0.2) is 18.2 Å². The number of halogens is 2. The molecule has 1 unspecified atom stereocenters. The standard InChI is InChI=1S/C12H13F2NO/c13-8-4-3-5-9(14)11(8)12(15)7-2-1-6-10(12)16/h3-5H,1-2,6-7,15H2. The Morgan fingerprint density at radius 2 is 1.81 bits per heavy atom. The highest BCUT2D eigenvalue weighted by Crippen LogP contribution is 2.34. The Morgan fingerprint density at radius 3 is 2.38 bits per heavy atom. The third kappa shape index (κ3) is 1.63. The molecule has 1 atom stereocenters. The van der Waals surface area contributed by atoms with Crippen LogP contribution in [0.25, 0.3) is 0 Å². The average Bonchev–Trinajstić information content (AvgIpc) is 2.22. The highest BCUT2D eigenvalue weighted by Gasteiger charge is 2.41. The second kappa shape index (κ2) is 3.94. The average molecular weight is 225 g/mol. The lowest BCUT2D eigenvalue weighted by Gasteiger charge is -2.32. The van der Waals surface area contributed by atoms with Crippen molar-refractivity contribution in [2.45, 2.75) is 31.2 Å². The highest BCUT2D eigenvalue weighted by atomic mass is 19.1. The van der Waals surface area contributed by atoms with Crippen molar-refractivity contribution < 1.29 is 13.6 Å². The monoisotopic (exact) mass is 225 g/mol. The normalized spacial score (nSPS) is 25.8. The number of ketones is 1. The van der Waals surface area contributed by atoms with Crippen molar-refractivity contribution in [1.29, 1.82) is 0 Å². The number of carbonyl (C=O) groups excluding carboxylic acids is 1. The molecule has 0 aliphatic heterocycles. The molecule has 0 bridgehead atoms. The Kier molecular flexibility index (Phi) is 2.76. The smallest absolute Gasteiger partial charge is 0.157 e. The van der Waals surface area contributed by atoms with Crippen molar-refractivity contribution >= 4 is 5.78 Å². The SMILES string of the molecule is NC1(c2c(F)cccc2F)CCCCC1=O. The number of hydrogen-bond acceptors (Lipinski definition) is 2. The molecule has 4 heteroatoms. The van der Waals surface area contributed by atoms with Gasteiger partial charge in [0.25, 0.3) is 0 Å². The first-order valence-electron chi connectivity index (χ1n) is 5.32. The Morgan fingerprint density at radius 1 is 1.19 bits per heavy atom. The van der Waals surface area contributed by atoms with Crippen molar-refractivity contribution in [3.05, 3.63) is 35.4 Å². The Hall–Kier alpha value is -1.29. The van der Waals surface area contributed by atoms with Gasteiger partial charge in [0.2, 0.25) is 0 Å². The van der Waals surface area contributed by atoms with Gasteiger partial charge in [-0.25, -0.2) is 8.78 Å². The molecule has 1 aliphatic carbocycles. The molecule has 0 aromatic heterocycles. The van der Waals surface area contributed by atoms with E-state index in [1.54, 1.807) is 0 Å². The summed E-state index contributed by atoms with van der Waals surface area (Å²) in [5, 5.41) is 0. The van der Waals surface area contributed by atoms with E-state index >= 15 is 0 Å². The number of nitrogens with two attached hydrogens (primary N) is 1. The van der Waals surface area contributed by atoms with Crippen molar-refractivity contribution in [1.82, 2.24) is 0 Å². The highest BCUT2D eigenvalue weighted by molar-refractivity contribution is 5.90. The van der Waals surface area contributed by atoms with Gasteiger partial charge in [0.1, 0.15) is 17.2 Å². The summed E-state index contributed by atoms with van der Waals surface area (Å²) >= 11 is 0. The summed E-state index contributed by atoms with van der Waals surface area (Å²) in [5.41, 5.74) is 4.14. The van der Waals surface area contributed by atoms with Gasteiger partial charge in [-0.05, 0) is 25.0 Å². The molecular formula is C12H13F2NO. The van der Waals surface area contributed by atoms with Gasteiger partial charge in [-0.2, -0.15) is 0 Å². The maximum absolute atomic E-state index is 13.6. The molecule has 1 aliphatic rings. The van der Waals surface area contributed by atoms with Gasteiger partial charge in [-0.15, -0.1) is 0 Å². The topological polar surface area (TPSA) is 43.1 Å². The molecule has 0 amide bonds. The zero-order chi connectivity index (χ0) is 11.8. The van der Waals surface area contributed by atoms with Crippen LogP contribution in [0.5, 0.6) is 0 Å². The van der Waals surface area contributed by atoms with Crippen LogP contribution in [-0.4, -0.2) is 5.78 Å². The minimum Gasteiger partial charge on any atom is -0.315 e. The van der Waals surface area contributed by atoms with Crippen LogP contribution in [0.3, 0.4) is 0 Å². The molecule has 1 aromatic carbocycles. The quantitative estimate of drug-likeness (QED) is 0.796. The van der Waals surface area contributed by atoms with E-state index in [-0.39, 0.29) is 11.3 Å². The summed E-state index contributed by atoms with van der Waals surface area (Å²) in [4.78, 5) is 11.8. The number of Topliss-reactive ketones (excluding diaryl/α,β-unsaturated/α-hetero) is 1. The molecule has 0 saturated heterocycles. The summed E-state index contributed by atoms with van der Waals surface area (Å²) in [6.07, 6.45) is 2.07. The van der Waals surface area contributed by atoms with Crippen LogP contribution in [0, 0.1) is 11.6 Å². The van der Waals surface area contributed by atoms with E-state index in [0.717, 1.165) is 25.0 Å². The zero-order valence-corrected chi connectivity index (χ0v) is 8.80. The van der Waals surface area contributed by atoms with Gasteiger partial charge in [0.05, 0.1) is 5.56 Å². The number of rotatable bonds is 1.